The van der Waals surface area contributed by atoms with E-state index in [0.29, 0.717) is 5.69 Å². The number of phenolic OH excluding ortho intramolecular Hbond substituents is 1. The summed E-state index contributed by atoms with van der Waals surface area (Å²) >= 11 is 0. The number of pyridine rings is 1. The van der Waals surface area contributed by atoms with Gasteiger partial charge in [-0.15, -0.1) is 0 Å². The van der Waals surface area contributed by atoms with Gasteiger partial charge in [-0.25, -0.2) is 4.98 Å². The number of rotatable bonds is 2. The molecule has 0 aliphatic rings. The minimum Gasteiger partial charge on any atom is -0.508 e. The van der Waals surface area contributed by atoms with Crippen molar-refractivity contribution < 1.29 is 5.11 Å². The number of azo groups is 1. The van der Waals surface area contributed by atoms with Crippen molar-refractivity contribution in [3.05, 3.63) is 65.2 Å². The molecule has 0 atom stereocenters. The maximum absolute atomic E-state index is 9.66. The lowest BCUT2D eigenvalue weighted by molar-refractivity contribution is 0.474. The van der Waals surface area contributed by atoms with Gasteiger partial charge in [0.15, 0.2) is 0 Å². The Morgan fingerprint density at radius 2 is 1.56 bits per heavy atom. The standard InChI is InChI=1S/C22H20N4O/c1-12-4-7-19-18(8-12)21(23)17-6-5-15(11-20(17)24-19)25-26-22-13(2)9-16(27)10-14(22)3/h4-11,27H,1-3H3,(H2,23,24). The van der Waals surface area contributed by atoms with Gasteiger partial charge in [0.25, 0.3) is 0 Å². The minimum absolute atomic E-state index is 0.233. The van der Waals surface area contributed by atoms with E-state index in [-0.39, 0.29) is 5.75 Å². The highest BCUT2D eigenvalue weighted by Crippen LogP contribution is 2.33. The molecule has 0 fully saturated rings. The Hall–Kier alpha value is -3.47. The number of aromatic nitrogens is 1. The zero-order valence-electron chi connectivity index (χ0n) is 15.5. The zero-order valence-corrected chi connectivity index (χ0v) is 15.5. The van der Waals surface area contributed by atoms with Crippen LogP contribution < -0.4 is 5.73 Å². The highest BCUT2D eigenvalue weighted by atomic mass is 16.3. The van der Waals surface area contributed by atoms with Crippen LogP contribution in [-0.2, 0) is 0 Å². The average Bonchev–Trinajstić information content (AvgIpc) is 2.61. The van der Waals surface area contributed by atoms with Crippen LogP contribution >= 0.6 is 0 Å². The number of hydrogen-bond donors (Lipinski definition) is 2. The SMILES string of the molecule is Cc1ccc2nc3cc(N=Nc4c(C)cc(O)cc4C)ccc3c(N)c2c1. The van der Waals surface area contributed by atoms with Gasteiger partial charge in [-0.1, -0.05) is 11.6 Å². The van der Waals surface area contributed by atoms with E-state index in [4.69, 9.17) is 10.7 Å². The first-order valence-electron chi connectivity index (χ1n) is 8.74. The van der Waals surface area contributed by atoms with Gasteiger partial charge in [-0.3, -0.25) is 0 Å². The van der Waals surface area contributed by atoms with Gasteiger partial charge in [-0.2, -0.15) is 10.2 Å². The molecule has 0 aliphatic heterocycles. The van der Waals surface area contributed by atoms with Gasteiger partial charge in [-0.05, 0) is 74.4 Å². The summed E-state index contributed by atoms with van der Waals surface area (Å²) in [5.41, 5.74) is 13.1. The van der Waals surface area contributed by atoms with E-state index < -0.39 is 0 Å². The lowest BCUT2D eigenvalue weighted by atomic mass is 10.1. The zero-order chi connectivity index (χ0) is 19.1. The maximum atomic E-state index is 9.66. The molecule has 5 nitrogen and oxygen atoms in total. The molecule has 0 radical (unpaired) electrons. The van der Waals surface area contributed by atoms with Crippen LogP contribution in [0.4, 0.5) is 17.1 Å². The summed E-state index contributed by atoms with van der Waals surface area (Å²) in [5.74, 6) is 0.233. The number of aryl methyl sites for hydroxylation is 3. The molecular formula is C22H20N4O. The van der Waals surface area contributed by atoms with Gasteiger partial charge >= 0.3 is 0 Å². The minimum atomic E-state index is 0.233. The van der Waals surface area contributed by atoms with Crippen molar-refractivity contribution in [3.63, 3.8) is 0 Å². The average molecular weight is 356 g/mol. The van der Waals surface area contributed by atoms with Crippen LogP contribution in [0.1, 0.15) is 16.7 Å². The fourth-order valence-corrected chi connectivity index (χ4v) is 3.34. The van der Waals surface area contributed by atoms with Crippen molar-refractivity contribution in [2.75, 3.05) is 5.73 Å². The second-order valence-corrected chi connectivity index (χ2v) is 6.88. The molecule has 5 heteroatoms. The number of fused-ring (bicyclic) bond motifs is 2. The highest BCUT2D eigenvalue weighted by Gasteiger charge is 2.08. The van der Waals surface area contributed by atoms with Crippen LogP contribution in [0.2, 0.25) is 0 Å². The van der Waals surface area contributed by atoms with Crippen molar-refractivity contribution in [1.29, 1.82) is 0 Å². The number of nitrogen functional groups attached to an aromatic ring is 1. The lowest BCUT2D eigenvalue weighted by Gasteiger charge is -2.08. The summed E-state index contributed by atoms with van der Waals surface area (Å²) in [5, 5.41) is 20.3. The molecule has 0 saturated heterocycles. The monoisotopic (exact) mass is 356 g/mol. The van der Waals surface area contributed by atoms with E-state index in [1.165, 1.54) is 0 Å². The Balaban J connectivity index is 1.80. The summed E-state index contributed by atoms with van der Waals surface area (Å²) in [6.45, 7) is 5.84. The molecular weight excluding hydrogens is 336 g/mol. The molecule has 0 saturated carbocycles. The molecule has 134 valence electrons. The molecule has 0 aliphatic carbocycles. The Kier molecular flexibility index (Phi) is 4.00. The third kappa shape index (κ3) is 3.08. The summed E-state index contributed by atoms with van der Waals surface area (Å²) in [4.78, 5) is 4.73. The van der Waals surface area contributed by atoms with Crippen molar-refractivity contribution in [3.8, 4) is 5.75 Å². The second-order valence-electron chi connectivity index (χ2n) is 6.88. The Morgan fingerprint density at radius 3 is 2.30 bits per heavy atom. The molecule has 4 aromatic rings. The van der Waals surface area contributed by atoms with Crippen molar-refractivity contribution in [2.45, 2.75) is 20.8 Å². The first-order valence-corrected chi connectivity index (χ1v) is 8.74. The molecule has 1 aromatic heterocycles. The Morgan fingerprint density at radius 1 is 0.815 bits per heavy atom. The van der Waals surface area contributed by atoms with E-state index >= 15 is 0 Å². The molecule has 0 bridgehead atoms. The predicted molar refractivity (Wildman–Crippen MR) is 110 cm³/mol. The summed E-state index contributed by atoms with van der Waals surface area (Å²) in [6, 6.07) is 15.1. The summed E-state index contributed by atoms with van der Waals surface area (Å²) < 4.78 is 0. The quantitative estimate of drug-likeness (QED) is 0.340. The topological polar surface area (TPSA) is 83.9 Å². The number of anilines is 1. The number of phenols is 1. The molecule has 1 heterocycles. The van der Waals surface area contributed by atoms with Crippen molar-refractivity contribution >= 4 is 38.9 Å². The molecule has 3 aromatic carbocycles. The van der Waals surface area contributed by atoms with Crippen molar-refractivity contribution in [1.82, 2.24) is 4.98 Å². The van der Waals surface area contributed by atoms with Gasteiger partial charge < -0.3 is 10.8 Å². The normalized spacial score (nSPS) is 11.7. The van der Waals surface area contributed by atoms with E-state index in [0.717, 1.165) is 49.9 Å². The largest absolute Gasteiger partial charge is 0.508 e. The number of aromatic hydroxyl groups is 1. The first-order chi connectivity index (χ1) is 12.9. The fraction of sp³-hybridized carbons (Fsp3) is 0.136. The number of nitrogens with zero attached hydrogens (tertiary/aromatic N) is 3. The van der Waals surface area contributed by atoms with Crippen LogP contribution in [0.25, 0.3) is 21.8 Å². The van der Waals surface area contributed by atoms with Crippen molar-refractivity contribution in [2.24, 2.45) is 10.2 Å². The number of benzene rings is 3. The van der Waals surface area contributed by atoms with Crippen LogP contribution in [0, 0.1) is 20.8 Å². The first kappa shape index (κ1) is 17.0. The Labute approximate surface area is 157 Å². The fourth-order valence-electron chi connectivity index (χ4n) is 3.34. The molecule has 0 unspecified atom stereocenters. The number of nitrogens with two attached hydrogens (primary N) is 1. The van der Waals surface area contributed by atoms with Gasteiger partial charge in [0.2, 0.25) is 0 Å². The Bertz CT molecular complexity index is 1210. The molecule has 4 rings (SSSR count). The van der Waals surface area contributed by atoms with Crippen LogP contribution in [0.15, 0.2) is 58.8 Å². The van der Waals surface area contributed by atoms with Gasteiger partial charge in [0.1, 0.15) is 5.75 Å². The molecule has 0 spiro atoms. The van der Waals surface area contributed by atoms with Gasteiger partial charge in [0.05, 0.1) is 28.1 Å². The van der Waals surface area contributed by atoms with E-state index in [2.05, 4.69) is 16.3 Å². The number of hydrogen-bond acceptors (Lipinski definition) is 5. The van der Waals surface area contributed by atoms with E-state index in [1.807, 2.05) is 51.1 Å². The van der Waals surface area contributed by atoms with Gasteiger partial charge in [0, 0.05) is 10.8 Å². The molecule has 27 heavy (non-hydrogen) atoms. The van der Waals surface area contributed by atoms with Crippen LogP contribution in [0.3, 0.4) is 0 Å². The van der Waals surface area contributed by atoms with E-state index in [1.54, 1.807) is 12.1 Å². The summed E-state index contributed by atoms with van der Waals surface area (Å²) in [7, 11) is 0. The second kappa shape index (κ2) is 6.36. The molecule has 0 amide bonds. The third-order valence-corrected chi connectivity index (χ3v) is 4.70. The summed E-state index contributed by atoms with van der Waals surface area (Å²) in [6.07, 6.45) is 0. The van der Waals surface area contributed by atoms with Crippen LogP contribution in [0.5, 0.6) is 5.75 Å². The van der Waals surface area contributed by atoms with E-state index in [9.17, 15) is 5.11 Å². The molecule has 3 N–H and O–H groups in total. The smallest absolute Gasteiger partial charge is 0.116 e. The third-order valence-electron chi connectivity index (χ3n) is 4.70. The van der Waals surface area contributed by atoms with Crippen LogP contribution in [-0.4, -0.2) is 10.1 Å². The predicted octanol–water partition coefficient (Wildman–Crippen LogP) is 6.02. The highest BCUT2D eigenvalue weighted by molar-refractivity contribution is 6.07. The lowest BCUT2D eigenvalue weighted by Crippen LogP contribution is -1.93. The maximum Gasteiger partial charge on any atom is 0.116 e.